The quantitative estimate of drug-likeness (QED) is 0.844. The molecular weight excluding hydrogens is 328 g/mol. The Morgan fingerprint density at radius 2 is 1.62 bits per heavy atom. The van der Waals surface area contributed by atoms with E-state index in [4.69, 9.17) is 0 Å². The number of carbonyl (C=O) groups excluding carboxylic acids is 2. The summed E-state index contributed by atoms with van der Waals surface area (Å²) in [7, 11) is 0. The number of piperazine rings is 1. The minimum Gasteiger partial charge on any atom is -0.335 e. The number of amides is 1. The van der Waals surface area contributed by atoms with Gasteiger partial charge in [0.15, 0.2) is 5.78 Å². The lowest BCUT2D eigenvalue weighted by atomic mass is 9.52. The number of rotatable bonds is 3. The van der Waals surface area contributed by atoms with Crippen molar-refractivity contribution in [2.45, 2.75) is 51.0 Å². The van der Waals surface area contributed by atoms with Gasteiger partial charge in [-0.25, -0.2) is 0 Å². The highest BCUT2D eigenvalue weighted by Crippen LogP contribution is 2.57. The Kier molecular flexibility index (Phi) is 3.75. The molecule has 2 heterocycles. The molecule has 26 heavy (non-hydrogen) atoms. The molecule has 0 atom stereocenters. The van der Waals surface area contributed by atoms with Gasteiger partial charge in [-0.2, -0.15) is 5.10 Å². The zero-order valence-electron chi connectivity index (χ0n) is 15.5. The summed E-state index contributed by atoms with van der Waals surface area (Å²) < 4.78 is 0. The van der Waals surface area contributed by atoms with Gasteiger partial charge in [0.2, 0.25) is 0 Å². The molecule has 4 aliphatic carbocycles. The zero-order valence-corrected chi connectivity index (χ0v) is 15.5. The molecule has 6 rings (SSSR count). The summed E-state index contributed by atoms with van der Waals surface area (Å²) in [5.41, 5.74) is 1.19. The molecule has 1 aromatic heterocycles. The van der Waals surface area contributed by atoms with E-state index in [1.807, 2.05) is 4.90 Å². The average molecular weight is 356 g/mol. The maximum absolute atomic E-state index is 12.7. The molecule has 0 radical (unpaired) electrons. The number of aromatic nitrogens is 2. The van der Waals surface area contributed by atoms with E-state index in [0.717, 1.165) is 43.9 Å². The van der Waals surface area contributed by atoms with Crippen molar-refractivity contribution in [2.75, 3.05) is 26.2 Å². The summed E-state index contributed by atoms with van der Waals surface area (Å²) in [5.74, 6) is 2.71. The largest absolute Gasteiger partial charge is 0.335 e. The third kappa shape index (κ3) is 2.61. The summed E-state index contributed by atoms with van der Waals surface area (Å²) in [6.07, 6.45) is 8.56. The van der Waals surface area contributed by atoms with Crippen LogP contribution in [0, 0.1) is 17.8 Å². The monoisotopic (exact) mass is 356 g/mol. The Morgan fingerprint density at radius 1 is 1.04 bits per heavy atom. The minimum atomic E-state index is -0.119. The zero-order chi connectivity index (χ0) is 17.9. The maximum Gasteiger partial charge on any atom is 0.271 e. The molecule has 6 nitrogen and oxygen atoms in total. The minimum absolute atomic E-state index is 0.0323. The van der Waals surface area contributed by atoms with E-state index < -0.39 is 0 Å². The van der Waals surface area contributed by atoms with Gasteiger partial charge in [-0.05, 0) is 62.3 Å². The molecule has 0 spiro atoms. The summed E-state index contributed by atoms with van der Waals surface area (Å²) in [5, 5.41) is 6.67. The number of Topliss-reactive ketones (excluding diaryl/α,β-unsaturated/α-hetero) is 1. The van der Waals surface area contributed by atoms with E-state index in [1.165, 1.54) is 45.4 Å². The van der Waals surface area contributed by atoms with Gasteiger partial charge in [0.05, 0.1) is 0 Å². The molecule has 1 N–H and O–H groups in total. The van der Waals surface area contributed by atoms with Crippen LogP contribution in [0.15, 0.2) is 6.07 Å². The molecule has 0 unspecified atom stereocenters. The number of hydrogen-bond donors (Lipinski definition) is 1. The van der Waals surface area contributed by atoms with E-state index in [2.05, 4.69) is 15.1 Å². The number of H-pyrrole nitrogens is 1. The van der Waals surface area contributed by atoms with Gasteiger partial charge in [-0.3, -0.25) is 19.6 Å². The van der Waals surface area contributed by atoms with Crippen LogP contribution in [-0.4, -0.2) is 63.4 Å². The lowest BCUT2D eigenvalue weighted by Gasteiger charge is -2.61. The van der Waals surface area contributed by atoms with Crippen molar-refractivity contribution in [3.8, 4) is 0 Å². The lowest BCUT2D eigenvalue weighted by Crippen LogP contribution is -2.64. The van der Waals surface area contributed by atoms with Gasteiger partial charge in [-0.15, -0.1) is 0 Å². The molecule has 1 saturated heterocycles. The Balaban J connectivity index is 1.25. The third-order valence-corrected chi connectivity index (χ3v) is 7.41. The Bertz CT molecular complexity index is 697. The molecular formula is C20H28N4O2. The Labute approximate surface area is 154 Å². The van der Waals surface area contributed by atoms with E-state index in [0.29, 0.717) is 16.9 Å². The Morgan fingerprint density at radius 3 is 2.12 bits per heavy atom. The normalized spacial score (nSPS) is 36.5. The first-order valence-corrected chi connectivity index (χ1v) is 10.1. The van der Waals surface area contributed by atoms with Crippen molar-refractivity contribution in [3.05, 3.63) is 17.5 Å². The van der Waals surface area contributed by atoms with Crippen LogP contribution in [-0.2, 0) is 0 Å². The molecule has 5 aliphatic rings. The van der Waals surface area contributed by atoms with Crippen LogP contribution in [0.1, 0.15) is 66.4 Å². The predicted molar refractivity (Wildman–Crippen MR) is 97.0 cm³/mol. The van der Waals surface area contributed by atoms with Crippen LogP contribution in [0.5, 0.6) is 0 Å². The summed E-state index contributed by atoms with van der Waals surface area (Å²) >= 11 is 0. The highest BCUT2D eigenvalue weighted by atomic mass is 16.2. The van der Waals surface area contributed by atoms with Crippen molar-refractivity contribution in [2.24, 2.45) is 17.8 Å². The Hall–Kier alpha value is -1.69. The fraction of sp³-hybridized carbons (Fsp3) is 0.750. The van der Waals surface area contributed by atoms with Crippen LogP contribution in [0.25, 0.3) is 0 Å². The average Bonchev–Trinajstić information content (AvgIpc) is 3.10. The van der Waals surface area contributed by atoms with E-state index in [1.54, 1.807) is 6.07 Å². The molecule has 6 heteroatoms. The van der Waals surface area contributed by atoms with Crippen LogP contribution in [0.2, 0.25) is 0 Å². The van der Waals surface area contributed by atoms with Gasteiger partial charge < -0.3 is 4.90 Å². The van der Waals surface area contributed by atoms with Crippen LogP contribution < -0.4 is 0 Å². The molecule has 1 aliphatic heterocycles. The van der Waals surface area contributed by atoms with Crippen molar-refractivity contribution in [1.29, 1.82) is 0 Å². The fourth-order valence-electron chi connectivity index (χ4n) is 6.62. The van der Waals surface area contributed by atoms with Gasteiger partial charge >= 0.3 is 0 Å². The molecule has 4 bridgehead atoms. The highest BCUT2D eigenvalue weighted by Gasteiger charge is 2.53. The number of aromatic amines is 1. The topological polar surface area (TPSA) is 69.3 Å². The molecule has 5 fully saturated rings. The second-order valence-corrected chi connectivity index (χ2v) is 9.14. The van der Waals surface area contributed by atoms with Crippen molar-refractivity contribution < 1.29 is 9.59 Å². The maximum atomic E-state index is 12.7. The molecule has 4 saturated carbocycles. The van der Waals surface area contributed by atoms with Gasteiger partial charge in [0.1, 0.15) is 11.4 Å². The third-order valence-electron chi connectivity index (χ3n) is 7.41. The second kappa shape index (κ2) is 5.91. The smallest absolute Gasteiger partial charge is 0.271 e. The highest BCUT2D eigenvalue weighted by molar-refractivity contribution is 5.97. The van der Waals surface area contributed by atoms with Gasteiger partial charge in [0, 0.05) is 38.6 Å². The number of nitrogens with one attached hydrogen (secondary N) is 1. The van der Waals surface area contributed by atoms with Crippen LogP contribution >= 0.6 is 0 Å². The second-order valence-electron chi connectivity index (χ2n) is 9.14. The summed E-state index contributed by atoms with van der Waals surface area (Å²) in [4.78, 5) is 28.7. The first-order chi connectivity index (χ1) is 12.5. The van der Waals surface area contributed by atoms with E-state index in [-0.39, 0.29) is 11.7 Å². The van der Waals surface area contributed by atoms with Crippen molar-refractivity contribution >= 4 is 11.7 Å². The SMILES string of the molecule is CC(=O)c1cc(C(=O)N2CCN(C34CC5CC(CC(C5)C3)C4)CC2)[nH]n1. The first kappa shape index (κ1) is 16.5. The molecule has 0 aromatic carbocycles. The first-order valence-electron chi connectivity index (χ1n) is 10.1. The van der Waals surface area contributed by atoms with Gasteiger partial charge in [-0.1, -0.05) is 0 Å². The van der Waals surface area contributed by atoms with Crippen molar-refractivity contribution in [3.63, 3.8) is 0 Å². The number of nitrogens with zero attached hydrogens (tertiary/aromatic N) is 3. The van der Waals surface area contributed by atoms with Gasteiger partial charge in [0.25, 0.3) is 5.91 Å². The number of hydrogen-bond acceptors (Lipinski definition) is 4. The molecule has 140 valence electrons. The fourth-order valence-corrected chi connectivity index (χ4v) is 6.62. The summed E-state index contributed by atoms with van der Waals surface area (Å²) in [6, 6.07) is 1.58. The summed E-state index contributed by atoms with van der Waals surface area (Å²) in [6.45, 7) is 4.97. The molecule has 1 amide bonds. The van der Waals surface area contributed by atoms with Crippen LogP contribution in [0.4, 0.5) is 0 Å². The standard InChI is InChI=1S/C20H28N4O2/c1-13(25)17-9-18(22-21-17)19(26)23-2-4-24(5-3-23)20-10-14-6-15(11-20)8-16(7-14)12-20/h9,14-16H,2-8,10-12H2,1H3,(H,21,22). The lowest BCUT2D eigenvalue weighted by molar-refractivity contribution is -0.0987. The number of ketones is 1. The van der Waals surface area contributed by atoms with E-state index in [9.17, 15) is 9.59 Å². The van der Waals surface area contributed by atoms with E-state index >= 15 is 0 Å². The van der Waals surface area contributed by atoms with Crippen molar-refractivity contribution in [1.82, 2.24) is 20.0 Å². The predicted octanol–water partition coefficient (Wildman–Crippen LogP) is 2.34. The number of carbonyl (C=O) groups is 2. The van der Waals surface area contributed by atoms with Crippen LogP contribution in [0.3, 0.4) is 0 Å². The molecule has 1 aromatic rings.